The quantitative estimate of drug-likeness (QED) is 0.717. The minimum atomic E-state index is 0.602. The van der Waals surface area contributed by atoms with Crippen molar-refractivity contribution in [1.29, 1.82) is 0 Å². The lowest BCUT2D eigenvalue weighted by atomic mass is 10.4. The number of hydrogen-bond donors (Lipinski definition) is 0. The fourth-order valence-electron chi connectivity index (χ4n) is 1.38. The van der Waals surface area contributed by atoms with E-state index in [-0.39, 0.29) is 0 Å². The molecule has 0 N–H and O–H groups in total. The summed E-state index contributed by atoms with van der Waals surface area (Å²) in [5, 5.41) is 0. The van der Waals surface area contributed by atoms with Crippen molar-refractivity contribution in [3.8, 4) is 0 Å². The van der Waals surface area contributed by atoms with E-state index in [4.69, 9.17) is 0 Å². The molecule has 0 aliphatic rings. The van der Waals surface area contributed by atoms with Gasteiger partial charge in [0.15, 0.2) is 0 Å². The van der Waals surface area contributed by atoms with Gasteiger partial charge in [0.05, 0.1) is 0 Å². The Bertz CT molecular complexity index is 317. The third-order valence-electron chi connectivity index (χ3n) is 2.45. The first-order chi connectivity index (χ1) is 7.61. The van der Waals surface area contributed by atoms with Gasteiger partial charge >= 0.3 is 0 Å². The van der Waals surface area contributed by atoms with Crippen molar-refractivity contribution < 1.29 is 0 Å². The van der Waals surface area contributed by atoms with Crippen LogP contribution in [0.25, 0.3) is 0 Å². The van der Waals surface area contributed by atoms with Crippen LogP contribution in [-0.2, 0) is 0 Å². The molecule has 0 bridgehead atoms. The first kappa shape index (κ1) is 12.6. The maximum atomic E-state index is 2.17. The molecule has 88 valence electrons. The number of rotatable bonds is 2. The van der Waals surface area contributed by atoms with Crippen LogP contribution in [-0.4, -0.2) is 9.13 Å². The molecule has 0 aromatic carbocycles. The van der Waals surface area contributed by atoms with Gasteiger partial charge in [-0.15, -0.1) is 0 Å². The van der Waals surface area contributed by atoms with Crippen molar-refractivity contribution in [2.45, 2.75) is 39.8 Å². The Morgan fingerprint density at radius 1 is 0.562 bits per heavy atom. The summed E-state index contributed by atoms with van der Waals surface area (Å²) in [5.74, 6) is 0. The summed E-state index contributed by atoms with van der Waals surface area (Å²) >= 11 is 0. The van der Waals surface area contributed by atoms with Gasteiger partial charge in [-0.05, 0) is 52.0 Å². The van der Waals surface area contributed by atoms with Crippen LogP contribution >= 0.6 is 0 Å². The summed E-state index contributed by atoms with van der Waals surface area (Å²) in [5.41, 5.74) is 0. The Labute approximate surface area is 98.5 Å². The van der Waals surface area contributed by atoms with Gasteiger partial charge in [-0.2, -0.15) is 0 Å². The number of aromatic nitrogens is 2. The van der Waals surface area contributed by atoms with E-state index in [9.17, 15) is 0 Å². The molecule has 2 heteroatoms. The van der Waals surface area contributed by atoms with Crippen LogP contribution in [0.2, 0.25) is 0 Å². The third-order valence-corrected chi connectivity index (χ3v) is 2.45. The molecule has 2 nitrogen and oxygen atoms in total. The van der Waals surface area contributed by atoms with Crippen molar-refractivity contribution in [3.63, 3.8) is 0 Å². The van der Waals surface area contributed by atoms with Crippen LogP contribution < -0.4 is 0 Å². The van der Waals surface area contributed by atoms with Crippen LogP contribution in [0.5, 0.6) is 0 Å². The second-order valence-electron chi connectivity index (χ2n) is 4.45. The highest BCUT2D eigenvalue weighted by Gasteiger charge is 1.90. The maximum absolute atomic E-state index is 2.17. The Morgan fingerprint density at radius 3 is 0.938 bits per heavy atom. The molecule has 0 aliphatic carbocycles. The zero-order chi connectivity index (χ0) is 12.0. The standard InChI is InChI=1S/2C7H11N/c2*1-7(2)8-5-3-4-6-8/h2*3-7H,1-2H3. The molecule has 2 aromatic rings. The van der Waals surface area contributed by atoms with Crippen LogP contribution in [0, 0.1) is 0 Å². The first-order valence-electron chi connectivity index (χ1n) is 5.86. The summed E-state index contributed by atoms with van der Waals surface area (Å²) < 4.78 is 4.33. The van der Waals surface area contributed by atoms with Gasteiger partial charge < -0.3 is 9.13 Å². The Hall–Kier alpha value is -1.44. The molecule has 0 aliphatic heterocycles. The van der Waals surface area contributed by atoms with Crippen LogP contribution in [0.15, 0.2) is 49.1 Å². The normalized spacial score (nSPS) is 10.4. The van der Waals surface area contributed by atoms with Gasteiger partial charge in [0, 0.05) is 36.9 Å². The van der Waals surface area contributed by atoms with Crippen LogP contribution in [0.4, 0.5) is 0 Å². The van der Waals surface area contributed by atoms with Crippen molar-refractivity contribution in [3.05, 3.63) is 49.1 Å². The molecule has 0 spiro atoms. The largest absolute Gasteiger partial charge is 0.352 e. The monoisotopic (exact) mass is 218 g/mol. The van der Waals surface area contributed by atoms with Crippen molar-refractivity contribution in [2.24, 2.45) is 0 Å². The third kappa shape index (κ3) is 3.97. The molecule has 0 saturated heterocycles. The predicted octanol–water partition coefficient (Wildman–Crippen LogP) is 4.14. The van der Waals surface area contributed by atoms with Gasteiger partial charge in [-0.3, -0.25) is 0 Å². The Balaban J connectivity index is 0.000000160. The van der Waals surface area contributed by atoms with Gasteiger partial charge in [-0.25, -0.2) is 0 Å². The highest BCUT2D eigenvalue weighted by molar-refractivity contribution is 4.92. The predicted molar refractivity (Wildman–Crippen MR) is 69.6 cm³/mol. The van der Waals surface area contributed by atoms with E-state index in [0.717, 1.165) is 0 Å². The topological polar surface area (TPSA) is 9.86 Å². The minimum absolute atomic E-state index is 0.602. The van der Waals surface area contributed by atoms with E-state index in [1.54, 1.807) is 0 Å². The van der Waals surface area contributed by atoms with Gasteiger partial charge in [0.2, 0.25) is 0 Å². The summed E-state index contributed by atoms with van der Waals surface area (Å²) in [6, 6.07) is 9.37. The van der Waals surface area contributed by atoms with Crippen molar-refractivity contribution >= 4 is 0 Å². The second kappa shape index (κ2) is 6.21. The molecule has 0 atom stereocenters. The summed E-state index contributed by atoms with van der Waals surface area (Å²) in [6.07, 6.45) is 8.30. The molecule has 0 amide bonds. The number of nitrogens with zero attached hydrogens (tertiary/aromatic N) is 2. The zero-order valence-electron chi connectivity index (χ0n) is 10.7. The Kier molecular flexibility index (Phi) is 4.90. The molecule has 0 unspecified atom stereocenters. The minimum Gasteiger partial charge on any atom is -0.352 e. The van der Waals surface area contributed by atoms with Gasteiger partial charge in [0.1, 0.15) is 0 Å². The van der Waals surface area contributed by atoms with E-state index in [1.807, 2.05) is 24.3 Å². The first-order valence-corrected chi connectivity index (χ1v) is 5.86. The highest BCUT2D eigenvalue weighted by atomic mass is 15.0. The number of hydrogen-bond acceptors (Lipinski definition) is 0. The van der Waals surface area contributed by atoms with E-state index in [1.165, 1.54) is 0 Å². The summed E-state index contributed by atoms with van der Waals surface area (Å²) in [7, 11) is 0. The van der Waals surface area contributed by atoms with E-state index in [2.05, 4.69) is 61.6 Å². The molecule has 2 heterocycles. The average Bonchev–Trinajstić information content (AvgIpc) is 2.93. The molecule has 16 heavy (non-hydrogen) atoms. The average molecular weight is 218 g/mol. The van der Waals surface area contributed by atoms with Crippen LogP contribution in [0.3, 0.4) is 0 Å². The second-order valence-corrected chi connectivity index (χ2v) is 4.45. The summed E-state index contributed by atoms with van der Waals surface area (Å²) in [4.78, 5) is 0. The molecule has 0 fully saturated rings. The lowest BCUT2D eigenvalue weighted by molar-refractivity contribution is 0.604. The molecular formula is C14H22N2. The fraction of sp³-hybridized carbons (Fsp3) is 0.429. The lowest BCUT2D eigenvalue weighted by Crippen LogP contribution is -1.94. The molecular weight excluding hydrogens is 196 g/mol. The molecule has 2 rings (SSSR count). The zero-order valence-corrected chi connectivity index (χ0v) is 10.7. The van der Waals surface area contributed by atoms with E-state index < -0.39 is 0 Å². The van der Waals surface area contributed by atoms with Crippen molar-refractivity contribution in [2.75, 3.05) is 0 Å². The Morgan fingerprint density at radius 2 is 0.812 bits per heavy atom. The highest BCUT2D eigenvalue weighted by Crippen LogP contribution is 2.02. The molecule has 0 radical (unpaired) electrons. The van der Waals surface area contributed by atoms with Gasteiger partial charge in [-0.1, -0.05) is 0 Å². The maximum Gasteiger partial charge on any atom is 0.0274 e. The van der Waals surface area contributed by atoms with Gasteiger partial charge in [0.25, 0.3) is 0 Å². The molecule has 2 aromatic heterocycles. The molecule has 0 saturated carbocycles. The smallest absolute Gasteiger partial charge is 0.0274 e. The van der Waals surface area contributed by atoms with E-state index >= 15 is 0 Å². The van der Waals surface area contributed by atoms with E-state index in [0.29, 0.717) is 12.1 Å². The summed E-state index contributed by atoms with van der Waals surface area (Å²) in [6.45, 7) is 8.67. The van der Waals surface area contributed by atoms with Crippen LogP contribution in [0.1, 0.15) is 39.8 Å². The SMILES string of the molecule is CC(C)n1cccc1.CC(C)n1cccc1. The lowest BCUT2D eigenvalue weighted by Gasteiger charge is -2.03. The fourth-order valence-corrected chi connectivity index (χ4v) is 1.38. The van der Waals surface area contributed by atoms with Crippen molar-refractivity contribution in [1.82, 2.24) is 9.13 Å².